The smallest absolute Gasteiger partial charge is 0.175 e. The summed E-state index contributed by atoms with van der Waals surface area (Å²) in [5.74, 6) is 2.03. The largest absolute Gasteiger partial charge is 0.246 e. The van der Waals surface area contributed by atoms with Gasteiger partial charge in [0.25, 0.3) is 0 Å². The first-order chi connectivity index (χ1) is 8.78. The summed E-state index contributed by atoms with van der Waals surface area (Å²) in [6, 6.07) is 0. The summed E-state index contributed by atoms with van der Waals surface area (Å²) in [4.78, 5) is 4.44. The van der Waals surface area contributed by atoms with Crippen LogP contribution in [0.25, 0.3) is 0 Å². The van der Waals surface area contributed by atoms with Crippen LogP contribution >= 0.6 is 46.2 Å². The lowest BCUT2D eigenvalue weighted by Crippen LogP contribution is -1.80. The van der Waals surface area contributed by atoms with Gasteiger partial charge in [-0.05, 0) is 13.3 Å². The Morgan fingerprint density at radius 1 is 1.22 bits per heavy atom. The summed E-state index contributed by atoms with van der Waals surface area (Å²) in [5, 5.41) is 11.6. The van der Waals surface area contributed by atoms with Crippen LogP contribution in [0.15, 0.2) is 14.1 Å². The molecule has 0 amide bonds. The maximum Gasteiger partial charge on any atom is 0.175 e. The lowest BCUT2D eigenvalue weighted by Gasteiger charge is -1.93. The summed E-state index contributed by atoms with van der Waals surface area (Å²) in [6.45, 7) is 4.24. The molecule has 0 aliphatic carbocycles. The van der Waals surface area contributed by atoms with Crippen molar-refractivity contribution in [3.63, 3.8) is 0 Å². The minimum absolute atomic E-state index is 0.888. The molecule has 3 nitrogen and oxygen atoms in total. The number of nitrogens with zero attached hydrogens (tertiary/aromatic N) is 3. The SMILES string of the molecule is CCCCSc1nnc(SCc2csc(C)n2)s1. The fourth-order valence-corrected chi connectivity index (χ4v) is 5.01. The third-order valence-electron chi connectivity index (χ3n) is 2.12. The Morgan fingerprint density at radius 3 is 2.67 bits per heavy atom. The highest BCUT2D eigenvalue weighted by Crippen LogP contribution is 2.31. The van der Waals surface area contributed by atoms with E-state index < -0.39 is 0 Å². The highest BCUT2D eigenvalue weighted by Gasteiger charge is 2.06. The molecule has 18 heavy (non-hydrogen) atoms. The van der Waals surface area contributed by atoms with Gasteiger partial charge in [0.1, 0.15) is 0 Å². The van der Waals surface area contributed by atoms with Gasteiger partial charge in [-0.2, -0.15) is 0 Å². The Kier molecular flexibility index (Phi) is 5.94. The molecule has 0 spiro atoms. The maximum absolute atomic E-state index is 4.44. The Balaban J connectivity index is 1.79. The number of unbranched alkanes of at least 4 members (excludes halogenated alkanes) is 1. The third-order valence-corrected chi connectivity index (χ3v) is 6.25. The Labute approximate surface area is 124 Å². The van der Waals surface area contributed by atoms with E-state index in [1.165, 1.54) is 12.8 Å². The summed E-state index contributed by atoms with van der Waals surface area (Å²) in [5.41, 5.74) is 1.14. The molecule has 0 N–H and O–H groups in total. The number of hydrogen-bond acceptors (Lipinski definition) is 7. The number of aryl methyl sites for hydroxylation is 1. The molecular weight excluding hydrogens is 302 g/mol. The van der Waals surface area contributed by atoms with Crippen LogP contribution in [0.3, 0.4) is 0 Å². The zero-order valence-electron chi connectivity index (χ0n) is 10.4. The van der Waals surface area contributed by atoms with Crippen LogP contribution in [0.4, 0.5) is 0 Å². The van der Waals surface area contributed by atoms with Crippen LogP contribution in [-0.2, 0) is 5.75 Å². The van der Waals surface area contributed by atoms with Crippen molar-refractivity contribution in [3.05, 3.63) is 16.1 Å². The van der Waals surface area contributed by atoms with E-state index in [0.717, 1.165) is 30.9 Å². The molecule has 0 atom stereocenters. The molecule has 7 heteroatoms. The molecule has 0 radical (unpaired) electrons. The van der Waals surface area contributed by atoms with Crippen LogP contribution < -0.4 is 0 Å². The molecule has 0 aliphatic rings. The summed E-state index contributed by atoms with van der Waals surface area (Å²) < 4.78 is 2.13. The van der Waals surface area contributed by atoms with Crippen LogP contribution in [0, 0.1) is 6.92 Å². The van der Waals surface area contributed by atoms with E-state index in [2.05, 4.69) is 27.5 Å². The first kappa shape index (κ1) is 14.3. The molecule has 0 saturated carbocycles. The van der Waals surface area contributed by atoms with Crippen molar-refractivity contribution >= 4 is 46.2 Å². The fraction of sp³-hybridized carbons (Fsp3) is 0.545. The van der Waals surface area contributed by atoms with Crippen molar-refractivity contribution in [1.29, 1.82) is 0 Å². The Morgan fingerprint density at radius 2 is 2.00 bits per heavy atom. The van der Waals surface area contributed by atoms with Crippen LogP contribution in [0.2, 0.25) is 0 Å². The van der Waals surface area contributed by atoms with Gasteiger partial charge in [0.2, 0.25) is 0 Å². The summed E-state index contributed by atoms with van der Waals surface area (Å²) >= 11 is 6.92. The molecule has 2 aromatic rings. The van der Waals surface area contributed by atoms with Gasteiger partial charge in [0, 0.05) is 16.9 Å². The normalized spacial score (nSPS) is 11.0. The molecule has 0 fully saturated rings. The van der Waals surface area contributed by atoms with Crippen molar-refractivity contribution in [2.24, 2.45) is 0 Å². The van der Waals surface area contributed by atoms with Gasteiger partial charge in [0.05, 0.1) is 10.7 Å². The van der Waals surface area contributed by atoms with E-state index in [9.17, 15) is 0 Å². The first-order valence-electron chi connectivity index (χ1n) is 5.78. The first-order valence-corrected chi connectivity index (χ1v) is 9.44. The van der Waals surface area contributed by atoms with Crippen molar-refractivity contribution in [3.8, 4) is 0 Å². The van der Waals surface area contributed by atoms with Gasteiger partial charge in [-0.1, -0.05) is 48.2 Å². The second kappa shape index (κ2) is 7.47. The van der Waals surface area contributed by atoms with Gasteiger partial charge >= 0.3 is 0 Å². The average Bonchev–Trinajstić information content (AvgIpc) is 2.96. The molecule has 98 valence electrons. The van der Waals surface area contributed by atoms with Gasteiger partial charge in [-0.3, -0.25) is 0 Å². The maximum atomic E-state index is 4.44. The van der Waals surface area contributed by atoms with Gasteiger partial charge in [-0.25, -0.2) is 4.98 Å². The standard InChI is InChI=1S/C11H15N3S4/c1-3-4-5-15-10-13-14-11(18-10)17-7-9-6-16-8(2)12-9/h6H,3-5,7H2,1-2H3. The van der Waals surface area contributed by atoms with Gasteiger partial charge < -0.3 is 0 Å². The zero-order valence-corrected chi connectivity index (χ0v) is 13.6. The molecule has 0 aliphatic heterocycles. The molecule has 0 bridgehead atoms. The second-order valence-corrected chi connectivity index (χ2v) is 8.29. The number of thiazole rings is 1. The fourth-order valence-electron chi connectivity index (χ4n) is 1.23. The van der Waals surface area contributed by atoms with Crippen LogP contribution in [0.5, 0.6) is 0 Å². The number of thioether (sulfide) groups is 2. The number of aromatic nitrogens is 3. The third kappa shape index (κ3) is 4.53. The van der Waals surface area contributed by atoms with E-state index in [4.69, 9.17) is 0 Å². The van der Waals surface area contributed by atoms with Crippen molar-refractivity contribution in [2.75, 3.05) is 5.75 Å². The van der Waals surface area contributed by atoms with E-state index in [1.807, 2.05) is 18.7 Å². The van der Waals surface area contributed by atoms with Crippen molar-refractivity contribution < 1.29 is 0 Å². The zero-order chi connectivity index (χ0) is 12.8. The van der Waals surface area contributed by atoms with E-state index in [0.29, 0.717) is 0 Å². The monoisotopic (exact) mass is 317 g/mol. The molecule has 0 unspecified atom stereocenters. The Hall–Kier alpha value is -0.110. The number of hydrogen-bond donors (Lipinski definition) is 0. The number of rotatable bonds is 7. The second-order valence-electron chi connectivity index (χ2n) is 3.68. The van der Waals surface area contributed by atoms with E-state index >= 15 is 0 Å². The predicted molar refractivity (Wildman–Crippen MR) is 82.0 cm³/mol. The highest BCUT2D eigenvalue weighted by atomic mass is 32.2. The van der Waals surface area contributed by atoms with E-state index in [-0.39, 0.29) is 0 Å². The highest BCUT2D eigenvalue weighted by molar-refractivity contribution is 8.02. The minimum atomic E-state index is 0.888. The van der Waals surface area contributed by atoms with Gasteiger partial charge in [0.15, 0.2) is 8.68 Å². The molecule has 2 aromatic heterocycles. The lowest BCUT2D eigenvalue weighted by atomic mass is 10.4. The summed E-state index contributed by atoms with van der Waals surface area (Å²) in [7, 11) is 0. The topological polar surface area (TPSA) is 38.7 Å². The quantitative estimate of drug-likeness (QED) is 0.556. The summed E-state index contributed by atoms with van der Waals surface area (Å²) in [6.07, 6.45) is 2.47. The van der Waals surface area contributed by atoms with Crippen LogP contribution in [0.1, 0.15) is 30.5 Å². The molecular formula is C11H15N3S4. The molecule has 0 saturated heterocycles. The molecule has 0 aromatic carbocycles. The average molecular weight is 318 g/mol. The molecule has 2 heterocycles. The van der Waals surface area contributed by atoms with Crippen molar-refractivity contribution in [1.82, 2.24) is 15.2 Å². The van der Waals surface area contributed by atoms with Crippen molar-refractivity contribution in [2.45, 2.75) is 41.1 Å². The van der Waals surface area contributed by atoms with Gasteiger partial charge in [-0.15, -0.1) is 21.5 Å². The predicted octanol–water partition coefficient (Wildman–Crippen LogP) is 4.49. The minimum Gasteiger partial charge on any atom is -0.246 e. The van der Waals surface area contributed by atoms with E-state index in [1.54, 1.807) is 34.4 Å². The Bertz CT molecular complexity index is 480. The van der Waals surface area contributed by atoms with Crippen LogP contribution in [-0.4, -0.2) is 20.9 Å². The lowest BCUT2D eigenvalue weighted by molar-refractivity contribution is 0.892. The molecule has 2 rings (SSSR count).